The maximum absolute atomic E-state index is 12.5. The van der Waals surface area contributed by atoms with Crippen LogP contribution in [0.2, 0.25) is 0 Å². The summed E-state index contributed by atoms with van der Waals surface area (Å²) in [5.74, 6) is 4.55. The Morgan fingerprint density at radius 3 is 2.36 bits per heavy atom. The first kappa shape index (κ1) is 38.0. The Labute approximate surface area is 332 Å². The quantitative estimate of drug-likeness (QED) is 0.110. The third-order valence-electron chi connectivity index (χ3n) is 11.5. The van der Waals surface area contributed by atoms with E-state index in [1.165, 1.54) is 28.0 Å². The number of hydrogen-bond donors (Lipinski definition) is 1. The summed E-state index contributed by atoms with van der Waals surface area (Å²) in [6.07, 6.45) is 6.72. The van der Waals surface area contributed by atoms with E-state index < -0.39 is 0 Å². The molecule has 4 aliphatic heterocycles. The normalized spacial score (nSPS) is 17.9. The molecule has 56 heavy (non-hydrogen) atoms. The van der Waals surface area contributed by atoms with Crippen molar-refractivity contribution in [1.29, 1.82) is 0 Å². The second-order valence-electron chi connectivity index (χ2n) is 15.0. The number of unbranched alkanes of at least 4 members (excludes halogenated alkanes) is 1. The van der Waals surface area contributed by atoms with Crippen LogP contribution in [0.5, 0.6) is 40.2 Å². The molecule has 10 nitrogen and oxygen atoms in total. The molecule has 0 fully saturated rings. The van der Waals surface area contributed by atoms with Crippen molar-refractivity contribution in [3.8, 4) is 40.2 Å². The van der Waals surface area contributed by atoms with Gasteiger partial charge in [-0.05, 0) is 123 Å². The third-order valence-corrected chi connectivity index (χ3v) is 12.3. The zero-order valence-corrected chi connectivity index (χ0v) is 33.3. The van der Waals surface area contributed by atoms with Crippen LogP contribution < -0.4 is 23.7 Å². The van der Waals surface area contributed by atoms with E-state index >= 15 is 0 Å². The van der Waals surface area contributed by atoms with Gasteiger partial charge in [0, 0.05) is 48.9 Å². The Balaban J connectivity index is 1.19. The molecule has 6 bridgehead atoms. The lowest BCUT2D eigenvalue weighted by Crippen LogP contribution is -2.34. The number of methoxy groups -OCH3 is 2. The number of thiazole rings is 1. The SMILES string of the molecule is COc1cc2c3cc1Oc1c(OC)c(CO)cc4c1[C@@H](Cc1ccc(OCCCCC(=O)c5cncs5)c(c1)Oc1ccc(cc1)C[C@@H]3N(C)CC2)N(C)CC4. The van der Waals surface area contributed by atoms with Crippen LogP contribution in [0.25, 0.3) is 0 Å². The second kappa shape index (κ2) is 16.7. The maximum Gasteiger partial charge on any atom is 0.174 e. The number of hydrogen-bond acceptors (Lipinski definition) is 11. The minimum atomic E-state index is -0.176. The molecule has 0 aliphatic carbocycles. The lowest BCUT2D eigenvalue weighted by molar-refractivity contribution is 0.0981. The number of rotatable bonds is 10. The molecule has 4 aliphatic rings. The smallest absolute Gasteiger partial charge is 0.174 e. The molecule has 292 valence electrons. The molecule has 9 rings (SSSR count). The van der Waals surface area contributed by atoms with E-state index in [4.69, 9.17) is 23.7 Å². The first-order valence-corrected chi connectivity index (χ1v) is 20.3. The number of fused-ring (bicyclic) bond motifs is 2. The zero-order chi connectivity index (χ0) is 38.8. The predicted molar refractivity (Wildman–Crippen MR) is 216 cm³/mol. The summed E-state index contributed by atoms with van der Waals surface area (Å²) >= 11 is 1.38. The van der Waals surface area contributed by atoms with Gasteiger partial charge in [0.15, 0.2) is 40.3 Å². The van der Waals surface area contributed by atoms with E-state index in [1.807, 2.05) is 18.2 Å². The molecular formula is C45H49N3O7S. The van der Waals surface area contributed by atoms with Gasteiger partial charge in [-0.3, -0.25) is 19.6 Å². The Morgan fingerprint density at radius 1 is 0.857 bits per heavy atom. The van der Waals surface area contributed by atoms with Crippen molar-refractivity contribution in [3.05, 3.63) is 116 Å². The number of aliphatic hydroxyl groups is 1. The average molecular weight is 776 g/mol. The largest absolute Gasteiger partial charge is 0.493 e. The maximum atomic E-state index is 12.5. The molecule has 5 aromatic rings. The molecule has 0 unspecified atom stereocenters. The summed E-state index contributed by atoms with van der Waals surface area (Å²) < 4.78 is 32.1. The number of carbonyl (C=O) groups is 1. The van der Waals surface area contributed by atoms with Crippen molar-refractivity contribution >= 4 is 17.1 Å². The van der Waals surface area contributed by atoms with Gasteiger partial charge in [-0.25, -0.2) is 0 Å². The van der Waals surface area contributed by atoms with Crippen molar-refractivity contribution in [3.63, 3.8) is 0 Å². The van der Waals surface area contributed by atoms with Gasteiger partial charge in [0.05, 0.1) is 37.8 Å². The number of benzene rings is 4. The van der Waals surface area contributed by atoms with Crippen LogP contribution in [-0.2, 0) is 32.3 Å². The van der Waals surface area contributed by atoms with Crippen LogP contribution in [0.1, 0.15) is 80.0 Å². The topological polar surface area (TPSA) is 103 Å². The summed E-state index contributed by atoms with van der Waals surface area (Å²) in [6, 6.07) is 20.9. The van der Waals surface area contributed by atoms with Crippen molar-refractivity contribution in [1.82, 2.24) is 14.8 Å². The average Bonchev–Trinajstić information content (AvgIpc) is 3.76. The van der Waals surface area contributed by atoms with Crippen LogP contribution >= 0.6 is 11.3 Å². The Morgan fingerprint density at radius 2 is 1.61 bits per heavy atom. The van der Waals surface area contributed by atoms with Gasteiger partial charge in [0.25, 0.3) is 0 Å². The predicted octanol–water partition coefficient (Wildman–Crippen LogP) is 8.53. The summed E-state index contributed by atoms with van der Waals surface area (Å²) in [7, 11) is 7.65. The van der Waals surface area contributed by atoms with Crippen LogP contribution in [0.3, 0.4) is 0 Å². The van der Waals surface area contributed by atoms with Gasteiger partial charge in [0.1, 0.15) is 5.75 Å². The lowest BCUT2D eigenvalue weighted by atomic mass is 9.86. The number of likely N-dealkylation sites (N-methyl/N-ethyl adjacent to an activating group) is 2. The standard InChI is InChI=1S/C45H49N3O7S/c1-47-16-14-30-23-39(51-3)41-24-34(30)35(47)19-28-8-11-33(12-9-28)54-40-21-29(10-13-38(40)53-18-6-5-7-37(50)42-25-46-27-56-42)20-36-43-31(15-17-48(36)2)22-32(26-49)44(52-4)45(43)55-41/h8-13,21-25,27,35-36,49H,5-7,14-20,26H2,1-4H3/t35-,36+/m0/s1. The summed E-state index contributed by atoms with van der Waals surface area (Å²) in [4.78, 5) is 22.0. The highest BCUT2D eigenvalue weighted by Gasteiger charge is 2.34. The first-order chi connectivity index (χ1) is 27.3. The van der Waals surface area contributed by atoms with Crippen molar-refractivity contribution in [2.45, 2.75) is 63.6 Å². The molecule has 0 saturated carbocycles. The molecule has 0 amide bonds. The number of aliphatic hydroxyl groups excluding tert-OH is 1. The first-order valence-electron chi connectivity index (χ1n) is 19.4. The molecule has 0 radical (unpaired) electrons. The van der Waals surface area contributed by atoms with Gasteiger partial charge in [-0.2, -0.15) is 0 Å². The number of nitrogens with zero attached hydrogens (tertiary/aromatic N) is 3. The molecule has 0 saturated heterocycles. The lowest BCUT2D eigenvalue weighted by Gasteiger charge is -2.37. The van der Waals surface area contributed by atoms with Crippen LogP contribution in [0.15, 0.2) is 72.4 Å². The molecule has 1 aromatic heterocycles. The highest BCUT2D eigenvalue weighted by Crippen LogP contribution is 2.50. The highest BCUT2D eigenvalue weighted by molar-refractivity contribution is 7.11. The summed E-state index contributed by atoms with van der Waals surface area (Å²) in [5, 5.41) is 10.6. The zero-order valence-electron chi connectivity index (χ0n) is 32.5. The molecule has 1 N–H and O–H groups in total. The molecule has 2 atom stereocenters. The van der Waals surface area contributed by atoms with E-state index in [-0.39, 0.29) is 24.5 Å². The Hall–Kier alpha value is -4.94. The Kier molecular flexibility index (Phi) is 11.3. The van der Waals surface area contributed by atoms with Gasteiger partial charge in [-0.15, -0.1) is 11.3 Å². The van der Waals surface area contributed by atoms with Crippen LogP contribution in [-0.4, -0.2) is 73.7 Å². The minimum Gasteiger partial charge on any atom is -0.493 e. The molecule has 11 heteroatoms. The van der Waals surface area contributed by atoms with Crippen molar-refractivity contribution in [2.24, 2.45) is 0 Å². The fraction of sp³-hybridized carbons (Fsp3) is 0.378. The van der Waals surface area contributed by atoms with Crippen LogP contribution in [0, 0.1) is 0 Å². The number of ether oxygens (including phenoxy) is 5. The number of ketones is 1. The molecule has 5 heterocycles. The summed E-state index contributed by atoms with van der Waals surface area (Å²) in [5.41, 5.74) is 9.26. The number of aromatic nitrogens is 1. The van der Waals surface area contributed by atoms with E-state index in [9.17, 15) is 9.90 Å². The second-order valence-corrected chi connectivity index (χ2v) is 15.8. The third kappa shape index (κ3) is 7.73. The molecule has 0 spiro atoms. The highest BCUT2D eigenvalue weighted by atomic mass is 32.1. The molecular weight excluding hydrogens is 727 g/mol. The van der Waals surface area contributed by atoms with E-state index in [1.54, 1.807) is 25.9 Å². The van der Waals surface area contributed by atoms with Gasteiger partial charge in [0.2, 0.25) is 0 Å². The molecule has 4 aromatic carbocycles. The van der Waals surface area contributed by atoms with E-state index in [0.29, 0.717) is 64.4 Å². The number of Topliss-reactive ketones (excluding diaryl/α,β-unsaturated/α-hetero) is 1. The van der Waals surface area contributed by atoms with Crippen molar-refractivity contribution < 1.29 is 33.6 Å². The van der Waals surface area contributed by atoms with Gasteiger partial charge >= 0.3 is 0 Å². The fourth-order valence-corrected chi connectivity index (χ4v) is 8.95. The Bertz CT molecular complexity index is 2190. The van der Waals surface area contributed by atoms with E-state index in [0.717, 1.165) is 67.6 Å². The monoisotopic (exact) mass is 775 g/mol. The fourth-order valence-electron chi connectivity index (χ4n) is 8.35. The number of carbonyl (C=O) groups excluding carboxylic acids is 1. The van der Waals surface area contributed by atoms with Gasteiger partial charge < -0.3 is 28.8 Å². The van der Waals surface area contributed by atoms with Crippen LogP contribution in [0.4, 0.5) is 0 Å². The minimum absolute atomic E-state index is 0.0771. The van der Waals surface area contributed by atoms with Gasteiger partial charge in [-0.1, -0.05) is 18.2 Å². The summed E-state index contributed by atoms with van der Waals surface area (Å²) in [6.45, 7) is 2.05. The van der Waals surface area contributed by atoms with Crippen molar-refractivity contribution in [2.75, 3.05) is 48.0 Å². The van der Waals surface area contributed by atoms with E-state index in [2.05, 4.69) is 71.3 Å².